The summed E-state index contributed by atoms with van der Waals surface area (Å²) in [5, 5.41) is 4.36. The third kappa shape index (κ3) is 3.54. The van der Waals surface area contributed by atoms with E-state index >= 15 is 0 Å². The van der Waals surface area contributed by atoms with E-state index in [9.17, 15) is 14.4 Å². The van der Waals surface area contributed by atoms with E-state index in [1.54, 1.807) is 26.5 Å². The van der Waals surface area contributed by atoms with Crippen molar-refractivity contribution in [2.45, 2.75) is 38.8 Å². The molecule has 9 heteroatoms. The first-order chi connectivity index (χ1) is 13.1. The Hall–Kier alpha value is -2.84. The van der Waals surface area contributed by atoms with Crippen LogP contribution in [0.1, 0.15) is 35.6 Å². The van der Waals surface area contributed by atoms with Gasteiger partial charge in [-0.15, -0.1) is 0 Å². The standard InChI is InChI=1S/C18H23N5O4/c24-16(13-23-18(26)22-7-3-1-2-6-15(22)19-23)20-8-10-21(11-9-20)17(25)14-5-4-12-27-14/h4-5,12H,1-3,6-11,13H2. The van der Waals surface area contributed by atoms with Gasteiger partial charge in [-0.1, -0.05) is 6.42 Å². The van der Waals surface area contributed by atoms with Gasteiger partial charge in [0.1, 0.15) is 12.4 Å². The predicted molar refractivity (Wildman–Crippen MR) is 95.2 cm³/mol. The van der Waals surface area contributed by atoms with Gasteiger partial charge >= 0.3 is 5.69 Å². The molecule has 0 bridgehead atoms. The second-order valence-corrected chi connectivity index (χ2v) is 6.97. The minimum absolute atomic E-state index is 0.0506. The molecule has 27 heavy (non-hydrogen) atoms. The predicted octanol–water partition coefficient (Wildman–Crippen LogP) is 0.349. The Morgan fingerprint density at radius 2 is 1.81 bits per heavy atom. The van der Waals surface area contributed by atoms with Crippen molar-refractivity contribution in [3.63, 3.8) is 0 Å². The van der Waals surface area contributed by atoms with Gasteiger partial charge < -0.3 is 14.2 Å². The maximum atomic E-state index is 12.6. The zero-order valence-corrected chi connectivity index (χ0v) is 15.2. The van der Waals surface area contributed by atoms with Crippen LogP contribution in [-0.2, 0) is 24.3 Å². The topological polar surface area (TPSA) is 93.6 Å². The molecule has 2 aromatic rings. The molecule has 2 aromatic heterocycles. The van der Waals surface area contributed by atoms with Crippen LogP contribution in [0.4, 0.5) is 0 Å². The van der Waals surface area contributed by atoms with Crippen molar-refractivity contribution in [3.8, 4) is 0 Å². The first-order valence-corrected chi connectivity index (χ1v) is 9.40. The monoisotopic (exact) mass is 373 g/mol. The van der Waals surface area contributed by atoms with Crippen LogP contribution in [0.5, 0.6) is 0 Å². The van der Waals surface area contributed by atoms with Crippen molar-refractivity contribution in [3.05, 3.63) is 40.5 Å². The third-order valence-electron chi connectivity index (χ3n) is 5.22. The minimum atomic E-state index is -0.202. The lowest BCUT2D eigenvalue weighted by molar-refractivity contribution is -0.133. The Morgan fingerprint density at radius 3 is 2.56 bits per heavy atom. The lowest BCUT2D eigenvalue weighted by Gasteiger charge is -2.34. The van der Waals surface area contributed by atoms with Crippen LogP contribution >= 0.6 is 0 Å². The van der Waals surface area contributed by atoms with Crippen LogP contribution in [0.15, 0.2) is 27.6 Å². The van der Waals surface area contributed by atoms with Crippen molar-refractivity contribution < 1.29 is 14.0 Å². The zero-order valence-electron chi connectivity index (χ0n) is 15.2. The number of nitrogens with zero attached hydrogens (tertiary/aromatic N) is 5. The summed E-state index contributed by atoms with van der Waals surface area (Å²) in [5.74, 6) is 0.775. The molecule has 1 fully saturated rings. The lowest BCUT2D eigenvalue weighted by atomic mass is 10.2. The Morgan fingerprint density at radius 1 is 1.04 bits per heavy atom. The molecule has 2 amide bonds. The van der Waals surface area contributed by atoms with Gasteiger partial charge in [-0.3, -0.25) is 14.2 Å². The fourth-order valence-electron chi connectivity index (χ4n) is 3.67. The number of furan rings is 1. The van der Waals surface area contributed by atoms with Gasteiger partial charge in [-0.2, -0.15) is 5.10 Å². The summed E-state index contributed by atoms with van der Waals surface area (Å²) in [6.07, 6.45) is 5.35. The SMILES string of the molecule is O=C(Cn1nc2n(c1=O)CCCCC2)N1CCN(C(=O)c2ccco2)CC1. The first-order valence-electron chi connectivity index (χ1n) is 9.40. The van der Waals surface area contributed by atoms with Crippen molar-refractivity contribution in [1.82, 2.24) is 24.1 Å². The van der Waals surface area contributed by atoms with E-state index < -0.39 is 0 Å². The summed E-state index contributed by atoms with van der Waals surface area (Å²) < 4.78 is 8.12. The number of fused-ring (bicyclic) bond motifs is 1. The molecule has 9 nitrogen and oxygen atoms in total. The largest absolute Gasteiger partial charge is 0.459 e. The molecule has 0 spiro atoms. The highest BCUT2D eigenvalue weighted by Crippen LogP contribution is 2.12. The summed E-state index contributed by atoms with van der Waals surface area (Å²) in [6, 6.07) is 3.31. The molecule has 0 aliphatic carbocycles. The van der Waals surface area contributed by atoms with Gasteiger partial charge in [0.05, 0.1) is 6.26 Å². The average Bonchev–Trinajstić information content (AvgIpc) is 3.25. The van der Waals surface area contributed by atoms with E-state index in [0.717, 1.165) is 31.5 Å². The minimum Gasteiger partial charge on any atom is -0.459 e. The molecule has 0 unspecified atom stereocenters. The number of piperazine rings is 1. The Kier molecular flexibility index (Phi) is 4.83. The molecule has 0 saturated carbocycles. The van der Waals surface area contributed by atoms with Crippen molar-refractivity contribution in [2.24, 2.45) is 0 Å². The van der Waals surface area contributed by atoms with E-state index in [4.69, 9.17) is 4.42 Å². The first kappa shape index (κ1) is 17.6. The lowest BCUT2D eigenvalue weighted by Crippen LogP contribution is -2.51. The van der Waals surface area contributed by atoms with Crippen LogP contribution in [0, 0.1) is 0 Å². The number of amides is 2. The van der Waals surface area contributed by atoms with Crippen LogP contribution in [-0.4, -0.2) is 62.1 Å². The molecule has 4 rings (SSSR count). The number of hydrogen-bond acceptors (Lipinski definition) is 5. The molecule has 0 atom stereocenters. The zero-order chi connectivity index (χ0) is 18.8. The molecular formula is C18H23N5O4. The summed E-state index contributed by atoms with van der Waals surface area (Å²) in [4.78, 5) is 40.7. The fourth-order valence-corrected chi connectivity index (χ4v) is 3.67. The Bertz CT molecular complexity index is 874. The molecule has 2 aliphatic heterocycles. The maximum Gasteiger partial charge on any atom is 0.346 e. The second kappa shape index (κ2) is 7.42. The molecule has 4 heterocycles. The van der Waals surface area contributed by atoms with Gasteiger partial charge in [0.2, 0.25) is 5.91 Å². The van der Waals surface area contributed by atoms with Gasteiger partial charge in [-0.05, 0) is 25.0 Å². The van der Waals surface area contributed by atoms with E-state index in [1.807, 2.05) is 0 Å². The Balaban J connectivity index is 1.36. The summed E-state index contributed by atoms with van der Waals surface area (Å²) in [7, 11) is 0. The third-order valence-corrected chi connectivity index (χ3v) is 5.22. The van der Waals surface area contributed by atoms with Crippen molar-refractivity contribution in [2.75, 3.05) is 26.2 Å². The quantitative estimate of drug-likeness (QED) is 0.774. The number of hydrogen-bond donors (Lipinski definition) is 0. The van der Waals surface area contributed by atoms with Gasteiger partial charge in [0.25, 0.3) is 5.91 Å². The number of aryl methyl sites for hydroxylation is 1. The highest BCUT2D eigenvalue weighted by Gasteiger charge is 2.27. The molecule has 0 N–H and O–H groups in total. The van der Waals surface area contributed by atoms with Crippen LogP contribution in [0.25, 0.3) is 0 Å². The van der Waals surface area contributed by atoms with Crippen LogP contribution in [0.2, 0.25) is 0 Å². The normalized spacial score (nSPS) is 17.5. The number of aromatic nitrogens is 3. The van der Waals surface area contributed by atoms with Gasteiger partial charge in [0, 0.05) is 39.1 Å². The smallest absolute Gasteiger partial charge is 0.346 e. The van der Waals surface area contributed by atoms with Gasteiger partial charge in [0.15, 0.2) is 5.76 Å². The summed E-state index contributed by atoms with van der Waals surface area (Å²) in [6.45, 7) is 2.39. The molecular weight excluding hydrogens is 350 g/mol. The van der Waals surface area contributed by atoms with E-state index in [-0.39, 0.29) is 24.0 Å². The number of rotatable bonds is 3. The second-order valence-electron chi connectivity index (χ2n) is 6.97. The van der Waals surface area contributed by atoms with Gasteiger partial charge in [-0.25, -0.2) is 9.48 Å². The highest BCUT2D eigenvalue weighted by atomic mass is 16.3. The van der Waals surface area contributed by atoms with Crippen LogP contribution < -0.4 is 5.69 Å². The van der Waals surface area contributed by atoms with E-state index in [0.29, 0.717) is 38.5 Å². The maximum absolute atomic E-state index is 12.6. The fraction of sp³-hybridized carbons (Fsp3) is 0.556. The highest BCUT2D eigenvalue weighted by molar-refractivity contribution is 5.91. The number of carbonyl (C=O) groups excluding carboxylic acids is 2. The molecule has 2 aliphatic rings. The molecule has 0 radical (unpaired) electrons. The van der Waals surface area contributed by atoms with Crippen molar-refractivity contribution in [1.29, 1.82) is 0 Å². The average molecular weight is 373 g/mol. The summed E-state index contributed by atoms with van der Waals surface area (Å²) in [5.41, 5.74) is -0.202. The van der Waals surface area contributed by atoms with E-state index in [2.05, 4.69) is 5.10 Å². The Labute approximate surface area is 156 Å². The van der Waals surface area contributed by atoms with Crippen molar-refractivity contribution >= 4 is 11.8 Å². The van der Waals surface area contributed by atoms with Crippen LogP contribution in [0.3, 0.4) is 0 Å². The molecule has 144 valence electrons. The molecule has 1 saturated heterocycles. The summed E-state index contributed by atoms with van der Waals surface area (Å²) >= 11 is 0. The molecule has 0 aromatic carbocycles. The number of carbonyl (C=O) groups is 2. The van der Waals surface area contributed by atoms with E-state index in [1.165, 1.54) is 10.9 Å².